The number of amides is 1. The number of aliphatic imine (C=N–C) groups is 1. The van der Waals surface area contributed by atoms with Crippen LogP contribution in [0, 0.1) is 5.41 Å². The summed E-state index contributed by atoms with van der Waals surface area (Å²) in [4.78, 5) is 18.7. The Morgan fingerprint density at radius 1 is 1.40 bits per heavy atom. The Labute approximate surface area is 165 Å². The van der Waals surface area contributed by atoms with E-state index in [9.17, 15) is 4.79 Å². The minimum absolute atomic E-state index is 0. The lowest BCUT2D eigenvalue weighted by Gasteiger charge is -2.24. The van der Waals surface area contributed by atoms with Crippen molar-refractivity contribution in [3.05, 3.63) is 24.2 Å². The number of hydrogen-bond donors (Lipinski definition) is 2. The normalized spacial score (nSPS) is 22.9. The molecule has 7 nitrogen and oxygen atoms in total. The van der Waals surface area contributed by atoms with Gasteiger partial charge in [0.05, 0.1) is 19.4 Å². The van der Waals surface area contributed by atoms with Crippen LogP contribution in [0.25, 0.3) is 0 Å². The van der Waals surface area contributed by atoms with Gasteiger partial charge in [0.2, 0.25) is 5.91 Å². The molecule has 3 rings (SSSR count). The van der Waals surface area contributed by atoms with Gasteiger partial charge in [0.1, 0.15) is 12.3 Å². The predicted octanol–water partition coefficient (Wildman–Crippen LogP) is 1.59. The fourth-order valence-corrected chi connectivity index (χ4v) is 3.31. The molecule has 140 valence electrons. The van der Waals surface area contributed by atoms with Gasteiger partial charge in [0.15, 0.2) is 5.96 Å². The lowest BCUT2D eigenvalue weighted by atomic mass is 9.87. The summed E-state index contributed by atoms with van der Waals surface area (Å²) in [6.07, 6.45) is 3.84. The number of guanidine groups is 1. The van der Waals surface area contributed by atoms with Crippen LogP contribution in [0.15, 0.2) is 27.8 Å². The molecule has 2 fully saturated rings. The molecule has 0 bridgehead atoms. The number of carbonyl (C=O) groups excluding carboxylic acids is 1. The maximum absolute atomic E-state index is 12.0. The number of furan rings is 1. The molecule has 1 spiro atoms. The van der Waals surface area contributed by atoms with Crippen molar-refractivity contribution in [3.8, 4) is 0 Å². The highest BCUT2D eigenvalue weighted by Gasteiger charge is 2.42. The molecule has 0 aromatic carbocycles. The monoisotopic (exact) mass is 462 g/mol. The minimum atomic E-state index is -0.111. The third-order valence-electron chi connectivity index (χ3n) is 4.67. The molecule has 2 aliphatic rings. The van der Waals surface area contributed by atoms with Crippen molar-refractivity contribution in [2.24, 2.45) is 10.4 Å². The lowest BCUT2D eigenvalue weighted by molar-refractivity contribution is -0.119. The molecule has 1 amide bonds. The first kappa shape index (κ1) is 20.0. The summed E-state index contributed by atoms with van der Waals surface area (Å²) in [6, 6.07) is 3.64. The second kappa shape index (κ2) is 9.42. The summed E-state index contributed by atoms with van der Waals surface area (Å²) in [5, 5.41) is 6.11. The van der Waals surface area contributed by atoms with Gasteiger partial charge in [0, 0.05) is 31.7 Å². The zero-order chi connectivity index (χ0) is 16.8. The third kappa shape index (κ3) is 5.34. The summed E-state index contributed by atoms with van der Waals surface area (Å²) >= 11 is 0. The molecule has 1 aromatic rings. The Balaban J connectivity index is 0.00000225. The fraction of sp³-hybridized carbons (Fsp3) is 0.647. The molecule has 1 aromatic heterocycles. The molecule has 0 aliphatic carbocycles. The molecule has 2 aliphatic heterocycles. The number of nitrogens with one attached hydrogen (secondary N) is 2. The van der Waals surface area contributed by atoms with Gasteiger partial charge in [-0.2, -0.15) is 0 Å². The van der Waals surface area contributed by atoms with Gasteiger partial charge in [0.25, 0.3) is 0 Å². The fourth-order valence-electron chi connectivity index (χ4n) is 3.31. The van der Waals surface area contributed by atoms with E-state index in [4.69, 9.17) is 9.15 Å². The first-order valence-corrected chi connectivity index (χ1v) is 8.61. The molecular weight excluding hydrogens is 435 g/mol. The highest BCUT2D eigenvalue weighted by Crippen LogP contribution is 2.38. The number of carbonyl (C=O) groups is 1. The van der Waals surface area contributed by atoms with Crippen molar-refractivity contribution in [3.63, 3.8) is 0 Å². The largest absolute Gasteiger partial charge is 0.467 e. The van der Waals surface area contributed by atoms with Crippen molar-refractivity contribution in [1.82, 2.24) is 15.5 Å². The molecule has 2 saturated heterocycles. The maximum atomic E-state index is 12.0. The first-order chi connectivity index (χ1) is 11.7. The van der Waals surface area contributed by atoms with E-state index >= 15 is 0 Å². The summed E-state index contributed by atoms with van der Waals surface area (Å²) in [5.74, 6) is 1.44. The van der Waals surface area contributed by atoms with Gasteiger partial charge in [-0.05, 0) is 31.9 Å². The third-order valence-corrected chi connectivity index (χ3v) is 4.67. The van der Waals surface area contributed by atoms with Gasteiger partial charge < -0.3 is 24.7 Å². The average Bonchev–Trinajstić information content (AvgIpc) is 3.33. The van der Waals surface area contributed by atoms with E-state index in [0.717, 1.165) is 57.4 Å². The summed E-state index contributed by atoms with van der Waals surface area (Å²) in [5.41, 5.74) is 0.276. The number of hydrogen-bond acceptors (Lipinski definition) is 4. The molecule has 2 N–H and O–H groups in total. The summed E-state index contributed by atoms with van der Waals surface area (Å²) < 4.78 is 10.8. The van der Waals surface area contributed by atoms with Crippen molar-refractivity contribution in [2.75, 3.05) is 39.4 Å². The van der Waals surface area contributed by atoms with Crippen molar-refractivity contribution >= 4 is 35.8 Å². The van der Waals surface area contributed by atoms with Gasteiger partial charge >= 0.3 is 0 Å². The summed E-state index contributed by atoms with van der Waals surface area (Å²) in [6.45, 7) is 6.94. The van der Waals surface area contributed by atoms with Crippen LogP contribution in [0.5, 0.6) is 0 Å². The van der Waals surface area contributed by atoms with Crippen LogP contribution in [0.2, 0.25) is 0 Å². The first-order valence-electron chi connectivity index (χ1n) is 8.61. The van der Waals surface area contributed by atoms with Crippen LogP contribution >= 0.6 is 24.0 Å². The average molecular weight is 462 g/mol. The zero-order valence-electron chi connectivity index (χ0n) is 14.6. The molecular formula is C17H27IN4O3. The Kier molecular flexibility index (Phi) is 7.55. The van der Waals surface area contributed by atoms with Crippen molar-refractivity contribution in [2.45, 2.75) is 26.3 Å². The van der Waals surface area contributed by atoms with E-state index in [1.165, 1.54) is 0 Å². The number of ether oxygens (including phenoxy) is 1. The van der Waals surface area contributed by atoms with Crippen LogP contribution in [-0.2, 0) is 16.1 Å². The molecule has 25 heavy (non-hydrogen) atoms. The van der Waals surface area contributed by atoms with E-state index in [0.29, 0.717) is 6.54 Å². The lowest BCUT2D eigenvalue weighted by Crippen LogP contribution is -2.42. The van der Waals surface area contributed by atoms with E-state index in [-0.39, 0.29) is 41.8 Å². The molecule has 8 heteroatoms. The van der Waals surface area contributed by atoms with E-state index in [1.807, 2.05) is 13.0 Å². The second-order valence-corrected chi connectivity index (χ2v) is 6.50. The molecule has 3 heterocycles. The Morgan fingerprint density at radius 3 is 2.96 bits per heavy atom. The van der Waals surface area contributed by atoms with Crippen LogP contribution in [0.1, 0.15) is 25.5 Å². The van der Waals surface area contributed by atoms with Gasteiger partial charge in [-0.25, -0.2) is 4.99 Å². The van der Waals surface area contributed by atoms with E-state index in [1.54, 1.807) is 12.3 Å². The second-order valence-electron chi connectivity index (χ2n) is 6.50. The van der Waals surface area contributed by atoms with Crippen LogP contribution < -0.4 is 10.6 Å². The van der Waals surface area contributed by atoms with Crippen LogP contribution in [0.3, 0.4) is 0 Å². The predicted molar refractivity (Wildman–Crippen MR) is 106 cm³/mol. The molecule has 0 saturated carbocycles. The number of likely N-dealkylation sites (tertiary alicyclic amines) is 1. The minimum Gasteiger partial charge on any atom is -0.467 e. The van der Waals surface area contributed by atoms with Gasteiger partial charge in [-0.1, -0.05) is 0 Å². The topological polar surface area (TPSA) is 79.1 Å². The van der Waals surface area contributed by atoms with Gasteiger partial charge in [-0.15, -0.1) is 24.0 Å². The van der Waals surface area contributed by atoms with Crippen LogP contribution in [-0.4, -0.2) is 56.2 Å². The quantitative estimate of drug-likeness (QED) is 0.395. The van der Waals surface area contributed by atoms with Crippen molar-refractivity contribution in [1.29, 1.82) is 0 Å². The SMILES string of the molecule is CCNC(=NCC(=O)NCc1ccco1)N1CCC2(CCOC2)C1.I. The van der Waals surface area contributed by atoms with E-state index in [2.05, 4.69) is 20.5 Å². The Hall–Kier alpha value is -1.29. The zero-order valence-corrected chi connectivity index (χ0v) is 17.0. The molecule has 1 unspecified atom stereocenters. The molecule has 1 atom stereocenters. The Morgan fingerprint density at radius 2 is 2.28 bits per heavy atom. The van der Waals surface area contributed by atoms with E-state index < -0.39 is 0 Å². The van der Waals surface area contributed by atoms with Crippen LogP contribution in [0.4, 0.5) is 0 Å². The highest BCUT2D eigenvalue weighted by molar-refractivity contribution is 14.0. The number of rotatable bonds is 5. The standard InChI is InChI=1S/C17H26N4O3.HI/c1-2-18-16(21-7-5-17(12-21)6-9-23-13-17)20-11-15(22)19-10-14-4-3-8-24-14;/h3-4,8H,2,5-7,9-13H2,1H3,(H,18,20)(H,19,22);1H. The van der Waals surface area contributed by atoms with Crippen molar-refractivity contribution < 1.29 is 13.9 Å². The smallest absolute Gasteiger partial charge is 0.242 e. The number of nitrogens with zero attached hydrogens (tertiary/aromatic N) is 2. The maximum Gasteiger partial charge on any atom is 0.242 e. The molecule has 0 radical (unpaired) electrons. The summed E-state index contributed by atoms with van der Waals surface area (Å²) in [7, 11) is 0. The highest BCUT2D eigenvalue weighted by atomic mass is 127. The van der Waals surface area contributed by atoms with Gasteiger partial charge in [-0.3, -0.25) is 4.79 Å². The number of halogens is 1. The Bertz CT molecular complexity index is 570.